The van der Waals surface area contributed by atoms with E-state index in [1.165, 1.54) is 10.8 Å². The Morgan fingerprint density at radius 3 is 2.29 bits per heavy atom. The van der Waals surface area contributed by atoms with Gasteiger partial charge in [0.15, 0.2) is 17.3 Å². The van der Waals surface area contributed by atoms with Crippen molar-refractivity contribution in [3.8, 4) is 22.8 Å². The zero-order chi connectivity index (χ0) is 23.5. The molecule has 0 atom stereocenters. The summed E-state index contributed by atoms with van der Waals surface area (Å²) in [7, 11) is 3.12. The van der Waals surface area contributed by atoms with E-state index in [-0.39, 0.29) is 5.91 Å². The minimum Gasteiger partial charge on any atom is -0.493 e. The average molecular weight is 455 g/mol. The fraction of sp³-hybridized carbons (Fsp3) is 0.222. The van der Waals surface area contributed by atoms with Gasteiger partial charge in [-0.3, -0.25) is 4.79 Å². The van der Waals surface area contributed by atoms with Crippen molar-refractivity contribution in [3.63, 3.8) is 0 Å². The normalized spacial score (nSPS) is 13.7. The van der Waals surface area contributed by atoms with Gasteiger partial charge in [-0.15, -0.1) is 10.2 Å². The highest BCUT2D eigenvalue weighted by Gasteiger charge is 2.26. The van der Waals surface area contributed by atoms with Crippen molar-refractivity contribution in [1.29, 1.82) is 0 Å². The molecule has 0 bridgehead atoms. The van der Waals surface area contributed by atoms with Gasteiger partial charge in [-0.05, 0) is 41.1 Å². The van der Waals surface area contributed by atoms with E-state index < -0.39 is 0 Å². The number of rotatable bonds is 5. The quantitative estimate of drug-likeness (QED) is 0.449. The fourth-order valence-corrected chi connectivity index (χ4v) is 4.36. The Bertz CT molecular complexity index is 1320. The Hall–Kier alpha value is -4.13. The smallest absolute Gasteiger partial charge is 0.257 e. The minimum absolute atomic E-state index is 0.0619. The number of hydrogen-bond donors (Lipinski definition) is 0. The highest BCUT2D eigenvalue weighted by molar-refractivity contribution is 5.98. The van der Waals surface area contributed by atoms with Crippen LogP contribution < -0.4 is 14.4 Å². The van der Waals surface area contributed by atoms with E-state index in [1.807, 2.05) is 29.2 Å². The molecule has 1 amide bonds. The summed E-state index contributed by atoms with van der Waals surface area (Å²) >= 11 is 0. The molecule has 1 aliphatic rings. The summed E-state index contributed by atoms with van der Waals surface area (Å²) in [5.41, 5.74) is 2.39. The van der Waals surface area contributed by atoms with Gasteiger partial charge < -0.3 is 19.3 Å². The molecule has 1 fully saturated rings. The van der Waals surface area contributed by atoms with E-state index in [4.69, 9.17) is 9.47 Å². The maximum atomic E-state index is 13.1. The minimum atomic E-state index is -0.0619. The fourth-order valence-electron chi connectivity index (χ4n) is 4.36. The lowest BCUT2D eigenvalue weighted by atomic mass is 10.1. The maximum Gasteiger partial charge on any atom is 0.257 e. The van der Waals surface area contributed by atoms with E-state index in [0.29, 0.717) is 43.2 Å². The lowest BCUT2D eigenvalue weighted by molar-refractivity contribution is 0.0742. The third-order valence-corrected chi connectivity index (χ3v) is 6.22. The molecule has 0 spiro atoms. The zero-order valence-corrected chi connectivity index (χ0v) is 19.3. The number of ether oxygens (including phenoxy) is 2. The number of hydrogen-bond acceptors (Lipinski definition) is 6. The summed E-state index contributed by atoms with van der Waals surface area (Å²) in [6.45, 7) is 2.55. The molecule has 0 aliphatic carbocycles. The van der Waals surface area contributed by atoms with Crippen LogP contribution in [-0.2, 0) is 0 Å². The second-order valence-electron chi connectivity index (χ2n) is 8.16. The van der Waals surface area contributed by atoms with Gasteiger partial charge in [0.05, 0.1) is 25.5 Å². The molecule has 0 radical (unpaired) electrons. The predicted octanol–water partition coefficient (Wildman–Crippen LogP) is 4.28. The van der Waals surface area contributed by atoms with E-state index in [2.05, 4.69) is 45.4 Å². The summed E-state index contributed by atoms with van der Waals surface area (Å²) in [6, 6.07) is 24.0. The van der Waals surface area contributed by atoms with Crippen molar-refractivity contribution >= 4 is 22.5 Å². The first kappa shape index (κ1) is 21.7. The van der Waals surface area contributed by atoms with Crippen LogP contribution in [0.3, 0.4) is 0 Å². The summed E-state index contributed by atoms with van der Waals surface area (Å²) in [6.07, 6.45) is 0. The standard InChI is InChI=1S/C27H26N4O3/c1-33-24-9-5-8-22(26(24)34-2)27(32)31-16-14-30(15-17-31)25-13-12-23(28-29-25)21-11-10-19-6-3-4-7-20(19)18-21/h3-13,18H,14-17H2,1-2H3. The molecule has 2 heterocycles. The monoisotopic (exact) mass is 454 g/mol. The molecule has 0 N–H and O–H groups in total. The molecular formula is C27H26N4O3. The van der Waals surface area contributed by atoms with Gasteiger partial charge in [0.1, 0.15) is 0 Å². The largest absolute Gasteiger partial charge is 0.493 e. The lowest BCUT2D eigenvalue weighted by Gasteiger charge is -2.35. The van der Waals surface area contributed by atoms with Crippen molar-refractivity contribution < 1.29 is 14.3 Å². The number of piperazine rings is 1. The average Bonchev–Trinajstić information content (AvgIpc) is 2.92. The molecule has 4 aromatic rings. The number of para-hydroxylation sites is 1. The number of carbonyl (C=O) groups is 1. The van der Waals surface area contributed by atoms with Crippen molar-refractivity contribution in [2.75, 3.05) is 45.3 Å². The van der Waals surface area contributed by atoms with Crippen LogP contribution in [0.15, 0.2) is 72.8 Å². The molecule has 1 aliphatic heterocycles. The SMILES string of the molecule is COc1cccc(C(=O)N2CCN(c3ccc(-c4ccc5ccccc5c4)nn3)CC2)c1OC. The third-order valence-electron chi connectivity index (χ3n) is 6.22. The third kappa shape index (κ3) is 4.12. The van der Waals surface area contributed by atoms with Crippen LogP contribution in [0.1, 0.15) is 10.4 Å². The van der Waals surface area contributed by atoms with Crippen molar-refractivity contribution in [2.45, 2.75) is 0 Å². The topological polar surface area (TPSA) is 67.8 Å². The number of fused-ring (bicyclic) bond motifs is 1. The Labute approximate surface area is 198 Å². The summed E-state index contributed by atoms with van der Waals surface area (Å²) in [4.78, 5) is 17.1. The van der Waals surface area contributed by atoms with Gasteiger partial charge in [0.2, 0.25) is 0 Å². The summed E-state index contributed by atoms with van der Waals surface area (Å²) < 4.78 is 10.8. The van der Waals surface area contributed by atoms with Crippen LogP contribution in [0.25, 0.3) is 22.0 Å². The molecule has 172 valence electrons. The van der Waals surface area contributed by atoms with Gasteiger partial charge in [-0.25, -0.2) is 0 Å². The van der Waals surface area contributed by atoms with Gasteiger partial charge >= 0.3 is 0 Å². The first-order valence-electron chi connectivity index (χ1n) is 11.3. The zero-order valence-electron chi connectivity index (χ0n) is 19.3. The second kappa shape index (κ2) is 9.39. The molecule has 0 unspecified atom stereocenters. The molecule has 7 nitrogen and oxygen atoms in total. The molecule has 1 aromatic heterocycles. The highest BCUT2D eigenvalue weighted by atomic mass is 16.5. The number of aromatic nitrogens is 2. The van der Waals surface area contributed by atoms with Crippen molar-refractivity contribution in [2.24, 2.45) is 0 Å². The first-order chi connectivity index (χ1) is 16.7. The van der Waals surface area contributed by atoms with E-state index in [1.54, 1.807) is 32.4 Å². The Morgan fingerprint density at radius 1 is 0.794 bits per heavy atom. The Balaban J connectivity index is 1.26. The molecule has 3 aromatic carbocycles. The van der Waals surface area contributed by atoms with E-state index in [9.17, 15) is 4.79 Å². The van der Waals surface area contributed by atoms with Crippen LogP contribution in [0.4, 0.5) is 5.82 Å². The first-order valence-corrected chi connectivity index (χ1v) is 11.3. The lowest BCUT2D eigenvalue weighted by Crippen LogP contribution is -2.49. The van der Waals surface area contributed by atoms with Crippen LogP contribution in [-0.4, -0.2) is 61.4 Å². The van der Waals surface area contributed by atoms with Crippen LogP contribution in [0, 0.1) is 0 Å². The molecular weight excluding hydrogens is 428 g/mol. The Kier molecular flexibility index (Phi) is 5.99. The number of methoxy groups -OCH3 is 2. The van der Waals surface area contributed by atoms with Gasteiger partial charge in [0.25, 0.3) is 5.91 Å². The van der Waals surface area contributed by atoms with Crippen LogP contribution in [0.2, 0.25) is 0 Å². The van der Waals surface area contributed by atoms with E-state index >= 15 is 0 Å². The molecule has 5 rings (SSSR count). The van der Waals surface area contributed by atoms with Crippen LogP contribution in [0.5, 0.6) is 11.5 Å². The predicted molar refractivity (Wildman–Crippen MR) is 133 cm³/mol. The second-order valence-corrected chi connectivity index (χ2v) is 8.16. The highest BCUT2D eigenvalue weighted by Crippen LogP contribution is 2.32. The maximum absolute atomic E-state index is 13.1. The summed E-state index contributed by atoms with van der Waals surface area (Å²) in [5, 5.41) is 11.3. The molecule has 1 saturated heterocycles. The number of carbonyl (C=O) groups excluding carboxylic acids is 1. The number of amides is 1. The summed E-state index contributed by atoms with van der Waals surface area (Å²) in [5.74, 6) is 1.77. The van der Waals surface area contributed by atoms with Crippen LogP contribution >= 0.6 is 0 Å². The number of anilines is 1. The van der Waals surface area contributed by atoms with Gasteiger partial charge in [-0.1, -0.05) is 42.5 Å². The molecule has 34 heavy (non-hydrogen) atoms. The van der Waals surface area contributed by atoms with E-state index in [0.717, 1.165) is 17.1 Å². The number of nitrogens with zero attached hydrogens (tertiary/aromatic N) is 4. The van der Waals surface area contributed by atoms with Gasteiger partial charge in [0, 0.05) is 31.7 Å². The molecule has 0 saturated carbocycles. The Morgan fingerprint density at radius 2 is 1.59 bits per heavy atom. The van der Waals surface area contributed by atoms with Gasteiger partial charge in [-0.2, -0.15) is 0 Å². The molecule has 7 heteroatoms. The van der Waals surface area contributed by atoms with Crippen molar-refractivity contribution in [1.82, 2.24) is 15.1 Å². The van der Waals surface area contributed by atoms with Crippen molar-refractivity contribution in [3.05, 3.63) is 78.4 Å². The number of benzene rings is 3.